The molecular weight excluding hydrogens is 605 g/mol. The molecule has 0 N–H and O–H groups in total. The van der Waals surface area contributed by atoms with Crippen LogP contribution in [0.25, 0.3) is 88.3 Å². The van der Waals surface area contributed by atoms with Crippen LogP contribution in [0.2, 0.25) is 0 Å². The van der Waals surface area contributed by atoms with E-state index in [1.54, 1.807) is 12.1 Å². The van der Waals surface area contributed by atoms with Crippen molar-refractivity contribution in [2.45, 2.75) is 19.3 Å². The van der Waals surface area contributed by atoms with Crippen molar-refractivity contribution >= 4 is 32.7 Å². The Labute approximate surface area is 306 Å². The van der Waals surface area contributed by atoms with E-state index in [1.165, 1.54) is 28.3 Å². The molecule has 1 aliphatic carbocycles. The first kappa shape index (κ1) is 20.4. The van der Waals surface area contributed by atoms with Gasteiger partial charge in [0.15, 0.2) is 0 Å². The van der Waals surface area contributed by atoms with Crippen LogP contribution >= 0.6 is 0 Å². The van der Waals surface area contributed by atoms with Crippen LogP contribution in [0.4, 0.5) is 0 Å². The predicted molar refractivity (Wildman–Crippen MR) is 211 cm³/mol. The summed E-state index contributed by atoms with van der Waals surface area (Å²) in [6.45, 7) is 4.49. The highest BCUT2D eigenvalue weighted by Crippen LogP contribution is 2.52. The first-order valence-corrected chi connectivity index (χ1v) is 16.6. The number of furan rings is 1. The quantitative estimate of drug-likeness (QED) is 0.185. The Morgan fingerprint density at radius 1 is 0.460 bits per heavy atom. The lowest BCUT2D eigenvalue weighted by Crippen LogP contribution is -2.14. The second-order valence-corrected chi connectivity index (χ2v) is 13.3. The number of rotatable bonds is 4. The highest BCUT2D eigenvalue weighted by atomic mass is 16.3. The Kier molecular flexibility index (Phi) is 4.45. The maximum atomic E-state index is 8.95. The SMILES string of the molecule is [2H]c1c([2H])c([2H])c(-c2cc(-c3c([2H])c([2H])c([2H])c([2H])c3[2H])cc(-c3c4ccccc4c(-c4ccc5c(c4)C(C)(C)c4ccccc4-5)c4oc5ccccc5c34)c2)c([2H])c1[2H]. The van der Waals surface area contributed by atoms with E-state index in [0.717, 1.165) is 32.7 Å². The number of para-hydroxylation sites is 1. The number of hydrogen-bond donors (Lipinski definition) is 0. The normalized spacial score (nSPS) is 16.0. The maximum Gasteiger partial charge on any atom is 0.144 e. The van der Waals surface area contributed by atoms with Crippen LogP contribution < -0.4 is 0 Å². The molecule has 0 unspecified atom stereocenters. The van der Waals surface area contributed by atoms with Gasteiger partial charge in [-0.15, -0.1) is 0 Å². The standard InChI is InChI=1S/C49H34O/c1-49(2)42-23-13-11-19-37(42)38-26-25-33(30-43(38)49)46-40-21-10-9-20-39(40)45(47-41-22-12-14-24-44(41)50-48(46)47)36-28-34(31-15-5-3-6-16-31)27-35(29-36)32-17-7-4-8-18-32/h3-30H,1-2H3/i3D,4D,5D,6D,7D,8D,15D,16D,17D,18D. The molecular formula is C49H34O. The molecule has 10 rings (SSSR count). The van der Waals surface area contributed by atoms with Gasteiger partial charge in [0.2, 0.25) is 0 Å². The van der Waals surface area contributed by atoms with Crippen LogP contribution in [-0.4, -0.2) is 0 Å². The lowest BCUT2D eigenvalue weighted by atomic mass is 9.81. The topological polar surface area (TPSA) is 13.1 Å². The van der Waals surface area contributed by atoms with Crippen molar-refractivity contribution < 1.29 is 18.1 Å². The average molecular weight is 649 g/mol. The Morgan fingerprint density at radius 3 is 1.72 bits per heavy atom. The van der Waals surface area contributed by atoms with Crippen molar-refractivity contribution in [2.24, 2.45) is 0 Å². The maximum absolute atomic E-state index is 8.95. The van der Waals surface area contributed by atoms with E-state index in [9.17, 15) is 0 Å². The highest BCUT2D eigenvalue weighted by Gasteiger charge is 2.35. The molecule has 236 valence electrons. The zero-order valence-corrected chi connectivity index (χ0v) is 27.3. The minimum atomic E-state index is -0.539. The van der Waals surface area contributed by atoms with Gasteiger partial charge in [0, 0.05) is 27.3 Å². The van der Waals surface area contributed by atoms with Gasteiger partial charge in [-0.1, -0.05) is 153 Å². The van der Waals surface area contributed by atoms with Gasteiger partial charge in [-0.3, -0.25) is 0 Å². The summed E-state index contributed by atoms with van der Waals surface area (Å²) in [5.41, 5.74) is 9.28. The average Bonchev–Trinajstić information content (AvgIpc) is 3.74. The lowest BCUT2D eigenvalue weighted by molar-refractivity contribution is 0.660. The van der Waals surface area contributed by atoms with Gasteiger partial charge >= 0.3 is 0 Å². The van der Waals surface area contributed by atoms with E-state index < -0.39 is 60.4 Å². The van der Waals surface area contributed by atoms with Crippen LogP contribution in [0.1, 0.15) is 38.7 Å². The zero-order chi connectivity index (χ0) is 42.1. The van der Waals surface area contributed by atoms with Gasteiger partial charge in [0.1, 0.15) is 11.2 Å². The lowest BCUT2D eigenvalue weighted by Gasteiger charge is -2.22. The van der Waals surface area contributed by atoms with Gasteiger partial charge < -0.3 is 4.42 Å². The molecule has 0 amide bonds. The van der Waals surface area contributed by atoms with E-state index in [2.05, 4.69) is 56.3 Å². The molecule has 50 heavy (non-hydrogen) atoms. The number of hydrogen-bond acceptors (Lipinski definition) is 1. The fourth-order valence-electron chi connectivity index (χ4n) is 7.94. The summed E-state index contributed by atoms with van der Waals surface area (Å²) in [4.78, 5) is 0. The van der Waals surface area contributed by atoms with Crippen molar-refractivity contribution in [3.05, 3.63) is 181 Å². The molecule has 9 aromatic rings. The molecule has 8 aromatic carbocycles. The third-order valence-electron chi connectivity index (χ3n) is 10.2. The molecule has 0 fully saturated rings. The van der Waals surface area contributed by atoms with Gasteiger partial charge in [-0.25, -0.2) is 0 Å². The Balaban J connectivity index is 1.35. The van der Waals surface area contributed by atoms with Crippen LogP contribution in [-0.2, 0) is 5.41 Å². The van der Waals surface area contributed by atoms with Crippen LogP contribution in [0.15, 0.2) is 174 Å². The summed E-state index contributed by atoms with van der Waals surface area (Å²) in [6.07, 6.45) is 0. The predicted octanol–water partition coefficient (Wildman–Crippen LogP) is 13.7. The third-order valence-corrected chi connectivity index (χ3v) is 10.2. The van der Waals surface area contributed by atoms with Crippen molar-refractivity contribution in [1.29, 1.82) is 0 Å². The smallest absolute Gasteiger partial charge is 0.144 e. The highest BCUT2D eigenvalue weighted by molar-refractivity contribution is 6.27. The van der Waals surface area contributed by atoms with Gasteiger partial charge in [0.05, 0.1) is 13.7 Å². The molecule has 1 heteroatoms. The second kappa shape index (κ2) is 10.9. The van der Waals surface area contributed by atoms with Gasteiger partial charge in [-0.2, -0.15) is 0 Å². The second-order valence-electron chi connectivity index (χ2n) is 13.3. The largest absolute Gasteiger partial charge is 0.455 e. The first-order valence-electron chi connectivity index (χ1n) is 21.6. The van der Waals surface area contributed by atoms with Gasteiger partial charge in [-0.05, 0) is 96.7 Å². The molecule has 0 radical (unpaired) electrons. The molecule has 0 saturated heterocycles. The fourth-order valence-corrected chi connectivity index (χ4v) is 7.94. The van der Waals surface area contributed by atoms with Crippen molar-refractivity contribution in [2.75, 3.05) is 0 Å². The third kappa shape index (κ3) is 4.27. The summed E-state index contributed by atoms with van der Waals surface area (Å²) in [5.74, 6) is 0. The van der Waals surface area contributed by atoms with Crippen molar-refractivity contribution in [3.8, 4) is 55.6 Å². The number of benzene rings is 8. The van der Waals surface area contributed by atoms with Crippen LogP contribution in [0.5, 0.6) is 0 Å². The summed E-state index contributed by atoms with van der Waals surface area (Å²) in [5, 5.41) is 3.30. The van der Waals surface area contributed by atoms with Gasteiger partial charge in [0.25, 0.3) is 0 Å². The Hall–Kier alpha value is -6.18. The first-order chi connectivity index (χ1) is 28.7. The Morgan fingerprint density at radius 2 is 1.02 bits per heavy atom. The summed E-state index contributed by atoms with van der Waals surface area (Å²) in [6, 6.07) is 31.0. The summed E-state index contributed by atoms with van der Waals surface area (Å²) < 4.78 is 93.3. The van der Waals surface area contributed by atoms with E-state index in [4.69, 9.17) is 18.1 Å². The van der Waals surface area contributed by atoms with E-state index in [1.807, 2.05) is 48.5 Å². The molecule has 1 aliphatic rings. The van der Waals surface area contributed by atoms with Crippen LogP contribution in [0.3, 0.4) is 0 Å². The molecule has 1 aromatic heterocycles. The minimum absolute atomic E-state index is 0.0764. The molecule has 0 aliphatic heterocycles. The minimum Gasteiger partial charge on any atom is -0.455 e. The molecule has 1 nitrogen and oxygen atoms in total. The number of fused-ring (bicyclic) bond motifs is 7. The molecule has 0 atom stereocenters. The summed E-state index contributed by atoms with van der Waals surface area (Å²) in [7, 11) is 0. The van der Waals surface area contributed by atoms with E-state index in [-0.39, 0.29) is 27.7 Å². The zero-order valence-electron chi connectivity index (χ0n) is 37.3. The summed E-state index contributed by atoms with van der Waals surface area (Å²) >= 11 is 0. The van der Waals surface area contributed by atoms with E-state index >= 15 is 0 Å². The molecule has 1 heterocycles. The fraction of sp³-hybridized carbons (Fsp3) is 0.0612. The van der Waals surface area contributed by atoms with E-state index in [0.29, 0.717) is 22.3 Å². The molecule has 0 bridgehead atoms. The van der Waals surface area contributed by atoms with Crippen LogP contribution in [0, 0.1) is 0 Å². The molecule has 0 saturated carbocycles. The monoisotopic (exact) mass is 648 g/mol. The molecule has 0 spiro atoms. The Bertz CT molecular complexity index is 3220. The van der Waals surface area contributed by atoms with Crippen molar-refractivity contribution in [3.63, 3.8) is 0 Å². The van der Waals surface area contributed by atoms with Crippen molar-refractivity contribution in [1.82, 2.24) is 0 Å².